The van der Waals surface area contributed by atoms with Crippen LogP contribution in [-0.4, -0.2) is 81.3 Å². The van der Waals surface area contributed by atoms with Gasteiger partial charge in [0.15, 0.2) is 11.6 Å². The van der Waals surface area contributed by atoms with E-state index < -0.39 is 10.0 Å². The van der Waals surface area contributed by atoms with Crippen molar-refractivity contribution in [3.63, 3.8) is 0 Å². The van der Waals surface area contributed by atoms with Gasteiger partial charge in [-0.05, 0) is 48.7 Å². The summed E-state index contributed by atoms with van der Waals surface area (Å²) in [6, 6.07) is 8.90. The van der Waals surface area contributed by atoms with Gasteiger partial charge in [-0.1, -0.05) is 0 Å². The molecule has 5 rings (SSSR count). The smallest absolute Gasteiger partial charge is 0.243 e. The molecule has 3 aliphatic heterocycles. The summed E-state index contributed by atoms with van der Waals surface area (Å²) in [6.07, 6.45) is 1.85. The number of carbonyl (C=O) groups is 1. The lowest BCUT2D eigenvalue weighted by molar-refractivity contribution is -0.116. The maximum atomic E-state index is 13.3. The summed E-state index contributed by atoms with van der Waals surface area (Å²) in [5.74, 6) is 1.56. The lowest BCUT2D eigenvalue weighted by atomic mass is 10.1. The molecule has 2 fully saturated rings. The fourth-order valence-electron chi connectivity index (χ4n) is 4.47. The Labute approximate surface area is 193 Å². The first-order chi connectivity index (χ1) is 16.0. The molecule has 0 aliphatic carbocycles. The van der Waals surface area contributed by atoms with Crippen molar-refractivity contribution in [1.82, 2.24) is 14.5 Å². The van der Waals surface area contributed by atoms with Gasteiger partial charge < -0.3 is 19.9 Å². The van der Waals surface area contributed by atoms with E-state index in [9.17, 15) is 13.2 Å². The average molecular weight is 473 g/mol. The zero-order valence-electron chi connectivity index (χ0n) is 18.4. The monoisotopic (exact) mass is 472 g/mol. The zero-order valence-corrected chi connectivity index (χ0v) is 19.3. The Morgan fingerprint density at radius 2 is 1.52 bits per heavy atom. The minimum atomic E-state index is -3.61. The first-order valence-corrected chi connectivity index (χ1v) is 12.8. The van der Waals surface area contributed by atoms with E-state index in [1.807, 2.05) is 12.1 Å². The molecule has 176 valence electrons. The Kier molecular flexibility index (Phi) is 6.17. The van der Waals surface area contributed by atoms with Gasteiger partial charge in [-0.15, -0.1) is 10.2 Å². The van der Waals surface area contributed by atoms with Crippen molar-refractivity contribution in [1.29, 1.82) is 0 Å². The number of carbonyl (C=O) groups excluding carboxylic acids is 1. The molecular formula is C22H28N6O4S. The van der Waals surface area contributed by atoms with Crippen LogP contribution in [0.5, 0.6) is 0 Å². The molecule has 1 aromatic carbocycles. The first-order valence-electron chi connectivity index (χ1n) is 11.3. The number of hydrogen-bond donors (Lipinski definition) is 1. The number of aryl methyl sites for hydroxylation is 1. The number of anilines is 3. The minimum absolute atomic E-state index is 0.0263. The van der Waals surface area contributed by atoms with Crippen molar-refractivity contribution in [3.05, 3.63) is 35.9 Å². The van der Waals surface area contributed by atoms with E-state index in [-0.39, 0.29) is 10.8 Å². The zero-order chi connectivity index (χ0) is 22.8. The average Bonchev–Trinajstić information content (AvgIpc) is 3.04. The SMILES string of the molecule is O=C1CCCc2cc(S(=O)(=O)N3CCN(c4ccc(N5CCOCC5)nn4)CC3)ccc2N1. The van der Waals surface area contributed by atoms with Crippen molar-refractivity contribution in [3.8, 4) is 0 Å². The van der Waals surface area contributed by atoms with Crippen molar-refractivity contribution < 1.29 is 17.9 Å². The van der Waals surface area contributed by atoms with Crippen molar-refractivity contribution in [2.75, 3.05) is 67.6 Å². The molecule has 0 radical (unpaired) electrons. The van der Waals surface area contributed by atoms with Crippen LogP contribution in [0.2, 0.25) is 0 Å². The molecule has 4 heterocycles. The number of rotatable bonds is 4. The predicted octanol–water partition coefficient (Wildman–Crippen LogP) is 1.10. The Balaban J connectivity index is 1.24. The summed E-state index contributed by atoms with van der Waals surface area (Å²) >= 11 is 0. The van der Waals surface area contributed by atoms with Gasteiger partial charge in [0, 0.05) is 51.4 Å². The number of ether oxygens (including phenoxy) is 1. The molecule has 1 N–H and O–H groups in total. The van der Waals surface area contributed by atoms with Gasteiger partial charge in [0.2, 0.25) is 15.9 Å². The third kappa shape index (κ3) is 4.66. The number of fused-ring (bicyclic) bond motifs is 1. The fourth-order valence-corrected chi connectivity index (χ4v) is 5.94. The summed E-state index contributed by atoms with van der Waals surface area (Å²) in [7, 11) is -3.61. The molecule has 0 atom stereocenters. The number of hydrogen-bond acceptors (Lipinski definition) is 8. The molecule has 10 nitrogen and oxygen atoms in total. The second-order valence-corrected chi connectivity index (χ2v) is 10.4. The van der Waals surface area contributed by atoms with E-state index in [2.05, 4.69) is 25.3 Å². The number of piperazine rings is 1. The minimum Gasteiger partial charge on any atom is -0.378 e. The molecule has 11 heteroatoms. The summed E-state index contributed by atoms with van der Waals surface area (Å²) < 4.78 is 33.4. The molecule has 33 heavy (non-hydrogen) atoms. The second kappa shape index (κ2) is 9.24. The molecule has 1 amide bonds. The van der Waals surface area contributed by atoms with Crippen LogP contribution < -0.4 is 15.1 Å². The van der Waals surface area contributed by atoms with Crippen LogP contribution in [0.15, 0.2) is 35.2 Å². The summed E-state index contributed by atoms with van der Waals surface area (Å²) in [4.78, 5) is 16.3. The number of aromatic nitrogens is 2. The summed E-state index contributed by atoms with van der Waals surface area (Å²) in [5, 5.41) is 11.6. The Bertz CT molecular complexity index is 1110. The lowest BCUT2D eigenvalue weighted by Crippen LogP contribution is -2.49. The van der Waals surface area contributed by atoms with Gasteiger partial charge in [0.25, 0.3) is 0 Å². The fraction of sp³-hybridized carbons (Fsp3) is 0.500. The van der Waals surface area contributed by atoms with Crippen molar-refractivity contribution in [2.24, 2.45) is 0 Å². The summed E-state index contributed by atoms with van der Waals surface area (Å²) in [6.45, 7) is 4.85. The van der Waals surface area contributed by atoms with Crippen LogP contribution >= 0.6 is 0 Å². The third-order valence-electron chi connectivity index (χ3n) is 6.37. The Morgan fingerprint density at radius 3 is 2.18 bits per heavy atom. The highest BCUT2D eigenvalue weighted by molar-refractivity contribution is 7.89. The van der Waals surface area contributed by atoms with Gasteiger partial charge in [0.05, 0.1) is 18.1 Å². The van der Waals surface area contributed by atoms with E-state index in [0.717, 1.165) is 30.3 Å². The van der Waals surface area contributed by atoms with Gasteiger partial charge in [-0.2, -0.15) is 4.31 Å². The molecule has 2 aromatic rings. The highest BCUT2D eigenvalue weighted by Gasteiger charge is 2.30. The molecule has 0 spiro atoms. The molecule has 1 aromatic heterocycles. The number of nitrogens with one attached hydrogen (secondary N) is 1. The molecule has 0 unspecified atom stereocenters. The van der Waals surface area contributed by atoms with E-state index in [1.165, 1.54) is 4.31 Å². The van der Waals surface area contributed by atoms with Gasteiger partial charge in [0.1, 0.15) is 0 Å². The molecule has 3 aliphatic rings. The maximum absolute atomic E-state index is 13.3. The number of amides is 1. The van der Waals surface area contributed by atoms with Gasteiger partial charge >= 0.3 is 0 Å². The normalized spacial score (nSPS) is 20.2. The largest absolute Gasteiger partial charge is 0.378 e. The first kappa shape index (κ1) is 22.1. The van der Waals surface area contributed by atoms with E-state index in [0.29, 0.717) is 64.3 Å². The predicted molar refractivity (Wildman–Crippen MR) is 124 cm³/mol. The van der Waals surface area contributed by atoms with Crippen LogP contribution in [-0.2, 0) is 26.0 Å². The Hall–Kier alpha value is -2.76. The van der Waals surface area contributed by atoms with Crippen molar-refractivity contribution in [2.45, 2.75) is 24.2 Å². The number of nitrogens with zero attached hydrogens (tertiary/aromatic N) is 5. The quantitative estimate of drug-likeness (QED) is 0.705. The number of benzene rings is 1. The van der Waals surface area contributed by atoms with E-state index in [4.69, 9.17) is 4.74 Å². The summed E-state index contributed by atoms with van der Waals surface area (Å²) in [5.41, 5.74) is 1.58. The van der Waals surface area contributed by atoms with E-state index >= 15 is 0 Å². The van der Waals surface area contributed by atoms with Crippen molar-refractivity contribution >= 4 is 33.3 Å². The van der Waals surface area contributed by atoms with Crippen LogP contribution in [0.4, 0.5) is 17.3 Å². The number of morpholine rings is 1. The van der Waals surface area contributed by atoms with Gasteiger partial charge in [-0.25, -0.2) is 8.42 Å². The highest BCUT2D eigenvalue weighted by Crippen LogP contribution is 2.27. The highest BCUT2D eigenvalue weighted by atomic mass is 32.2. The maximum Gasteiger partial charge on any atom is 0.243 e. The van der Waals surface area contributed by atoms with Crippen LogP contribution in [0.3, 0.4) is 0 Å². The lowest BCUT2D eigenvalue weighted by Gasteiger charge is -2.34. The molecule has 0 bridgehead atoms. The molecule has 0 saturated carbocycles. The van der Waals surface area contributed by atoms with Crippen LogP contribution in [0.1, 0.15) is 18.4 Å². The second-order valence-electron chi connectivity index (χ2n) is 8.46. The number of sulfonamides is 1. The third-order valence-corrected chi connectivity index (χ3v) is 8.27. The standard InChI is InChI=1S/C22H28N6O4S/c29-22-3-1-2-17-16-18(4-5-19(17)23-22)33(30,31)28-10-8-26(9-11-28)20-6-7-21(25-24-20)27-12-14-32-15-13-27/h4-7,16H,1-3,8-15H2,(H,23,29). The van der Waals surface area contributed by atoms with Crippen LogP contribution in [0.25, 0.3) is 0 Å². The van der Waals surface area contributed by atoms with E-state index in [1.54, 1.807) is 18.2 Å². The van der Waals surface area contributed by atoms with Crippen LogP contribution in [0, 0.1) is 0 Å². The molecular weight excluding hydrogens is 444 g/mol. The topological polar surface area (TPSA) is 108 Å². The Morgan fingerprint density at radius 1 is 0.848 bits per heavy atom. The molecule has 2 saturated heterocycles. The van der Waals surface area contributed by atoms with Gasteiger partial charge in [-0.3, -0.25) is 4.79 Å².